The van der Waals surface area contributed by atoms with Gasteiger partial charge in [-0.25, -0.2) is 0 Å². The van der Waals surface area contributed by atoms with E-state index >= 15 is 0 Å². The molecule has 0 bridgehead atoms. The Kier molecular flexibility index (Phi) is 4.27. The third-order valence-corrected chi connectivity index (χ3v) is 3.55. The van der Waals surface area contributed by atoms with Gasteiger partial charge in [-0.3, -0.25) is 4.79 Å². The standard InChI is InChI=1S/C14H21N3O2/c1-17-7-5-11(6-8-17)16-14(18)10-3-4-13(19-2)12(15)9-10/h3-4,9,11H,5-8,15H2,1-2H3,(H,16,18). The minimum atomic E-state index is -0.0658. The van der Waals surface area contributed by atoms with Crippen LogP contribution in [0.3, 0.4) is 0 Å². The Hall–Kier alpha value is -1.75. The molecule has 1 heterocycles. The first-order chi connectivity index (χ1) is 9.10. The van der Waals surface area contributed by atoms with Crippen molar-refractivity contribution in [3.05, 3.63) is 23.8 Å². The van der Waals surface area contributed by atoms with E-state index in [1.54, 1.807) is 25.3 Å². The summed E-state index contributed by atoms with van der Waals surface area (Å²) < 4.78 is 5.08. The van der Waals surface area contributed by atoms with Crippen LogP contribution < -0.4 is 15.8 Å². The number of likely N-dealkylation sites (tertiary alicyclic amines) is 1. The second-order valence-corrected chi connectivity index (χ2v) is 5.01. The highest BCUT2D eigenvalue weighted by atomic mass is 16.5. The Bertz CT molecular complexity index is 454. The number of nitrogen functional groups attached to an aromatic ring is 1. The van der Waals surface area contributed by atoms with Gasteiger partial charge in [0, 0.05) is 11.6 Å². The van der Waals surface area contributed by atoms with Crippen molar-refractivity contribution in [2.45, 2.75) is 18.9 Å². The number of piperidine rings is 1. The zero-order valence-corrected chi connectivity index (χ0v) is 11.5. The Morgan fingerprint density at radius 1 is 1.42 bits per heavy atom. The molecule has 104 valence electrons. The molecule has 1 amide bonds. The molecule has 0 aliphatic carbocycles. The van der Waals surface area contributed by atoms with Crippen molar-refractivity contribution in [3.8, 4) is 5.75 Å². The quantitative estimate of drug-likeness (QED) is 0.801. The number of ether oxygens (including phenoxy) is 1. The van der Waals surface area contributed by atoms with E-state index in [1.807, 2.05) is 0 Å². The number of nitrogens with one attached hydrogen (secondary N) is 1. The number of rotatable bonds is 3. The molecule has 1 aromatic rings. The lowest BCUT2D eigenvalue weighted by molar-refractivity contribution is 0.0917. The average molecular weight is 263 g/mol. The summed E-state index contributed by atoms with van der Waals surface area (Å²) in [4.78, 5) is 14.4. The number of carbonyl (C=O) groups excluding carboxylic acids is 1. The zero-order valence-electron chi connectivity index (χ0n) is 11.5. The highest BCUT2D eigenvalue weighted by Gasteiger charge is 2.19. The number of nitrogens with two attached hydrogens (primary N) is 1. The lowest BCUT2D eigenvalue weighted by atomic mass is 10.0. The van der Waals surface area contributed by atoms with Gasteiger partial charge in [-0.05, 0) is 51.2 Å². The van der Waals surface area contributed by atoms with Crippen molar-refractivity contribution in [2.75, 3.05) is 33.0 Å². The third-order valence-electron chi connectivity index (χ3n) is 3.55. The lowest BCUT2D eigenvalue weighted by Crippen LogP contribution is -2.43. The van der Waals surface area contributed by atoms with E-state index in [0.29, 0.717) is 17.0 Å². The zero-order chi connectivity index (χ0) is 13.8. The predicted octanol–water partition coefficient (Wildman–Crippen LogP) is 1.10. The minimum Gasteiger partial charge on any atom is -0.495 e. The highest BCUT2D eigenvalue weighted by Crippen LogP contribution is 2.22. The maximum atomic E-state index is 12.1. The Morgan fingerprint density at radius 3 is 2.68 bits per heavy atom. The fourth-order valence-electron chi connectivity index (χ4n) is 2.30. The molecular formula is C14H21N3O2. The summed E-state index contributed by atoms with van der Waals surface area (Å²) in [6, 6.07) is 5.37. The van der Waals surface area contributed by atoms with Crippen LogP contribution in [0.5, 0.6) is 5.75 Å². The maximum absolute atomic E-state index is 12.1. The van der Waals surface area contributed by atoms with Crippen LogP contribution in [0, 0.1) is 0 Å². The van der Waals surface area contributed by atoms with Crippen LogP contribution in [-0.4, -0.2) is 44.1 Å². The van der Waals surface area contributed by atoms with Crippen molar-refractivity contribution in [3.63, 3.8) is 0 Å². The molecule has 1 fully saturated rings. The average Bonchev–Trinajstić information content (AvgIpc) is 2.41. The smallest absolute Gasteiger partial charge is 0.251 e. The number of anilines is 1. The van der Waals surface area contributed by atoms with Crippen LogP contribution in [0.2, 0.25) is 0 Å². The normalized spacial score (nSPS) is 17.2. The summed E-state index contributed by atoms with van der Waals surface area (Å²) in [6.45, 7) is 2.05. The van der Waals surface area contributed by atoms with Gasteiger partial charge < -0.3 is 20.7 Å². The fourth-order valence-corrected chi connectivity index (χ4v) is 2.30. The number of amides is 1. The van der Waals surface area contributed by atoms with Crippen LogP contribution >= 0.6 is 0 Å². The SMILES string of the molecule is COc1ccc(C(=O)NC2CCN(C)CC2)cc1N. The number of methoxy groups -OCH3 is 1. The van der Waals surface area contributed by atoms with Gasteiger partial charge in [-0.2, -0.15) is 0 Å². The number of benzene rings is 1. The van der Waals surface area contributed by atoms with Crippen molar-refractivity contribution in [1.82, 2.24) is 10.2 Å². The van der Waals surface area contributed by atoms with Crippen LogP contribution in [-0.2, 0) is 0 Å². The van der Waals surface area contributed by atoms with E-state index in [2.05, 4.69) is 17.3 Å². The molecule has 0 atom stereocenters. The first kappa shape index (κ1) is 13.7. The van der Waals surface area contributed by atoms with E-state index in [1.165, 1.54) is 0 Å². The molecule has 1 aromatic carbocycles. The Labute approximate surface area is 113 Å². The van der Waals surface area contributed by atoms with Crippen molar-refractivity contribution in [2.24, 2.45) is 0 Å². The number of hydrogen-bond acceptors (Lipinski definition) is 4. The third kappa shape index (κ3) is 3.38. The Morgan fingerprint density at radius 2 is 2.11 bits per heavy atom. The summed E-state index contributed by atoms with van der Waals surface area (Å²) in [5.74, 6) is 0.528. The summed E-state index contributed by atoms with van der Waals surface area (Å²) in [5.41, 5.74) is 6.87. The topological polar surface area (TPSA) is 67.6 Å². The van der Waals surface area contributed by atoms with Gasteiger partial charge in [0.1, 0.15) is 5.75 Å². The molecule has 5 nitrogen and oxygen atoms in total. The number of nitrogens with zero attached hydrogens (tertiary/aromatic N) is 1. The van der Waals surface area contributed by atoms with Gasteiger partial charge in [0.2, 0.25) is 0 Å². The molecule has 1 aliphatic rings. The lowest BCUT2D eigenvalue weighted by Gasteiger charge is -2.29. The molecule has 3 N–H and O–H groups in total. The second-order valence-electron chi connectivity index (χ2n) is 5.01. The first-order valence-corrected chi connectivity index (χ1v) is 6.53. The molecule has 1 aliphatic heterocycles. The molecular weight excluding hydrogens is 242 g/mol. The fraction of sp³-hybridized carbons (Fsp3) is 0.500. The van der Waals surface area contributed by atoms with E-state index in [9.17, 15) is 4.79 Å². The van der Waals surface area contributed by atoms with Gasteiger partial charge in [-0.15, -0.1) is 0 Å². The van der Waals surface area contributed by atoms with Crippen LogP contribution in [0.1, 0.15) is 23.2 Å². The van der Waals surface area contributed by atoms with E-state index in [-0.39, 0.29) is 11.9 Å². The van der Waals surface area contributed by atoms with E-state index in [0.717, 1.165) is 25.9 Å². The molecule has 19 heavy (non-hydrogen) atoms. The van der Waals surface area contributed by atoms with Gasteiger partial charge in [0.05, 0.1) is 12.8 Å². The van der Waals surface area contributed by atoms with Gasteiger partial charge in [0.15, 0.2) is 0 Å². The van der Waals surface area contributed by atoms with Crippen LogP contribution in [0.15, 0.2) is 18.2 Å². The summed E-state index contributed by atoms with van der Waals surface area (Å²) in [5, 5.41) is 3.06. The first-order valence-electron chi connectivity index (χ1n) is 6.53. The molecule has 0 radical (unpaired) electrons. The van der Waals surface area contributed by atoms with Crippen LogP contribution in [0.25, 0.3) is 0 Å². The van der Waals surface area contributed by atoms with Crippen molar-refractivity contribution in [1.29, 1.82) is 0 Å². The second kappa shape index (κ2) is 5.93. The monoisotopic (exact) mass is 263 g/mol. The summed E-state index contributed by atoms with van der Waals surface area (Å²) >= 11 is 0. The number of carbonyl (C=O) groups is 1. The van der Waals surface area contributed by atoms with Crippen LogP contribution in [0.4, 0.5) is 5.69 Å². The molecule has 1 saturated heterocycles. The summed E-state index contributed by atoms with van der Waals surface area (Å²) in [7, 11) is 3.66. The summed E-state index contributed by atoms with van der Waals surface area (Å²) in [6.07, 6.45) is 1.99. The van der Waals surface area contributed by atoms with E-state index < -0.39 is 0 Å². The van der Waals surface area contributed by atoms with Gasteiger partial charge in [0.25, 0.3) is 5.91 Å². The highest BCUT2D eigenvalue weighted by molar-refractivity contribution is 5.95. The van der Waals surface area contributed by atoms with Gasteiger partial charge >= 0.3 is 0 Å². The molecule has 0 saturated carbocycles. The maximum Gasteiger partial charge on any atom is 0.251 e. The minimum absolute atomic E-state index is 0.0658. The van der Waals surface area contributed by atoms with Crippen molar-refractivity contribution >= 4 is 11.6 Å². The van der Waals surface area contributed by atoms with E-state index in [4.69, 9.17) is 10.5 Å². The molecule has 0 aromatic heterocycles. The molecule has 0 spiro atoms. The largest absolute Gasteiger partial charge is 0.495 e. The number of hydrogen-bond donors (Lipinski definition) is 2. The molecule has 0 unspecified atom stereocenters. The Balaban J connectivity index is 1.98. The molecule has 2 rings (SSSR count). The predicted molar refractivity (Wildman–Crippen MR) is 75.4 cm³/mol. The molecule has 5 heteroatoms. The van der Waals surface area contributed by atoms with Crippen molar-refractivity contribution < 1.29 is 9.53 Å². The van der Waals surface area contributed by atoms with Gasteiger partial charge in [-0.1, -0.05) is 0 Å².